The molecule has 0 heterocycles. The van der Waals surface area contributed by atoms with Crippen LogP contribution in [0.25, 0.3) is 0 Å². The first-order valence-corrected chi connectivity index (χ1v) is 6.70. The summed E-state index contributed by atoms with van der Waals surface area (Å²) >= 11 is 2.10. The molecule has 0 aromatic rings. The van der Waals surface area contributed by atoms with E-state index in [2.05, 4.69) is 30.9 Å². The summed E-state index contributed by atoms with van der Waals surface area (Å²) in [6.07, 6.45) is 4.45. The van der Waals surface area contributed by atoms with E-state index in [-0.39, 0.29) is 0 Å². The molecule has 0 bridgehead atoms. The van der Waals surface area contributed by atoms with Gasteiger partial charge in [0.2, 0.25) is 0 Å². The molecule has 1 fully saturated rings. The summed E-state index contributed by atoms with van der Waals surface area (Å²) in [7, 11) is 1.78. The lowest BCUT2D eigenvalue weighted by atomic mass is 10.2. The van der Waals surface area contributed by atoms with Gasteiger partial charge in [-0.15, -0.1) is 0 Å². The molecule has 3 unspecified atom stereocenters. The zero-order chi connectivity index (χ0) is 10.4. The molecule has 3 atom stereocenters. The van der Waals surface area contributed by atoms with Crippen molar-refractivity contribution in [3.63, 3.8) is 0 Å². The van der Waals surface area contributed by atoms with Gasteiger partial charge in [0, 0.05) is 24.9 Å². The molecule has 3 heteroatoms. The molecule has 1 rings (SSSR count). The summed E-state index contributed by atoms with van der Waals surface area (Å²) in [5, 5.41) is 4.46. The highest BCUT2D eigenvalue weighted by Gasteiger charge is 2.26. The van der Waals surface area contributed by atoms with Crippen molar-refractivity contribution in [3.8, 4) is 0 Å². The van der Waals surface area contributed by atoms with Crippen molar-refractivity contribution in [3.05, 3.63) is 0 Å². The second-order valence-corrected chi connectivity index (χ2v) is 5.50. The first-order chi connectivity index (χ1) is 6.77. The molecule has 0 aromatic carbocycles. The van der Waals surface area contributed by atoms with Crippen molar-refractivity contribution in [2.75, 3.05) is 19.4 Å². The number of thioether (sulfide) groups is 1. The largest absolute Gasteiger partial charge is 0.380 e. The minimum atomic E-state index is 0.336. The molecule has 0 radical (unpaired) electrons. The Hall–Kier alpha value is 0.270. The van der Waals surface area contributed by atoms with Crippen LogP contribution in [0, 0.1) is 0 Å². The predicted molar refractivity (Wildman–Crippen MR) is 64.0 cm³/mol. The van der Waals surface area contributed by atoms with Gasteiger partial charge in [-0.2, -0.15) is 11.8 Å². The van der Waals surface area contributed by atoms with E-state index in [1.54, 1.807) is 7.11 Å². The maximum atomic E-state index is 5.24. The van der Waals surface area contributed by atoms with Crippen molar-refractivity contribution in [2.45, 2.75) is 50.5 Å². The minimum Gasteiger partial charge on any atom is -0.380 e. The van der Waals surface area contributed by atoms with Gasteiger partial charge in [-0.3, -0.25) is 0 Å². The van der Waals surface area contributed by atoms with E-state index in [1.807, 2.05) is 0 Å². The number of ether oxygens (including phenoxy) is 1. The monoisotopic (exact) mass is 217 g/mol. The molecule has 14 heavy (non-hydrogen) atoms. The zero-order valence-corrected chi connectivity index (χ0v) is 10.4. The van der Waals surface area contributed by atoms with Crippen molar-refractivity contribution >= 4 is 11.8 Å². The van der Waals surface area contributed by atoms with Gasteiger partial charge in [0.25, 0.3) is 0 Å². The number of hydrogen-bond acceptors (Lipinski definition) is 3. The summed E-state index contributed by atoms with van der Waals surface area (Å²) in [5.74, 6) is 1.24. The van der Waals surface area contributed by atoms with Crippen molar-refractivity contribution in [1.82, 2.24) is 5.32 Å². The van der Waals surface area contributed by atoms with Crippen LogP contribution < -0.4 is 5.32 Å². The Balaban J connectivity index is 2.21. The average molecular weight is 217 g/mol. The van der Waals surface area contributed by atoms with E-state index in [9.17, 15) is 0 Å². The molecule has 0 aliphatic heterocycles. The fourth-order valence-electron chi connectivity index (χ4n) is 1.97. The molecule has 1 aliphatic rings. The van der Waals surface area contributed by atoms with Gasteiger partial charge in [0.1, 0.15) is 0 Å². The summed E-state index contributed by atoms with van der Waals surface area (Å²) in [4.78, 5) is 0. The molecule has 0 saturated heterocycles. The van der Waals surface area contributed by atoms with Crippen LogP contribution in [-0.2, 0) is 4.74 Å². The lowest BCUT2D eigenvalue weighted by Crippen LogP contribution is -2.38. The number of nitrogens with one attached hydrogen (secondary N) is 1. The van der Waals surface area contributed by atoms with Gasteiger partial charge >= 0.3 is 0 Å². The summed E-state index contributed by atoms with van der Waals surface area (Å²) < 4.78 is 5.24. The van der Waals surface area contributed by atoms with Crippen molar-refractivity contribution < 1.29 is 4.74 Å². The van der Waals surface area contributed by atoms with E-state index in [1.165, 1.54) is 25.0 Å². The molecule has 2 nitrogen and oxygen atoms in total. The van der Waals surface area contributed by atoms with Crippen LogP contribution in [0.5, 0.6) is 0 Å². The fraction of sp³-hybridized carbons (Fsp3) is 1.00. The molecular formula is C11H23NOS. The van der Waals surface area contributed by atoms with Crippen molar-refractivity contribution in [2.24, 2.45) is 0 Å². The quantitative estimate of drug-likeness (QED) is 0.737. The number of hydrogen-bond donors (Lipinski definition) is 1. The van der Waals surface area contributed by atoms with Crippen LogP contribution in [-0.4, -0.2) is 36.8 Å². The standard InChI is InChI=1S/C11H23NOS/c1-4-14-11-7-5-6-10(11)12-8-9(2)13-3/h9-12H,4-8H2,1-3H3. The molecule has 1 N–H and O–H groups in total. The highest BCUT2D eigenvalue weighted by Crippen LogP contribution is 2.29. The average Bonchev–Trinajstić information content (AvgIpc) is 2.62. The highest BCUT2D eigenvalue weighted by molar-refractivity contribution is 7.99. The predicted octanol–water partition coefficient (Wildman–Crippen LogP) is 2.29. The Kier molecular flexibility index (Phi) is 5.90. The van der Waals surface area contributed by atoms with Crippen LogP contribution in [0.15, 0.2) is 0 Å². The zero-order valence-electron chi connectivity index (χ0n) is 9.58. The Morgan fingerprint density at radius 3 is 2.93 bits per heavy atom. The SMILES string of the molecule is CCSC1CCCC1NCC(C)OC. The second-order valence-electron chi connectivity index (χ2n) is 3.99. The van der Waals surface area contributed by atoms with E-state index in [4.69, 9.17) is 4.74 Å². The first kappa shape index (κ1) is 12.3. The Bertz CT molecular complexity index is 154. The van der Waals surface area contributed by atoms with Crippen LogP contribution in [0.4, 0.5) is 0 Å². The lowest BCUT2D eigenvalue weighted by molar-refractivity contribution is 0.114. The Labute approximate surface area is 92.2 Å². The third-order valence-electron chi connectivity index (χ3n) is 2.90. The van der Waals surface area contributed by atoms with Gasteiger partial charge in [0.05, 0.1) is 6.10 Å². The molecular weight excluding hydrogens is 194 g/mol. The highest BCUT2D eigenvalue weighted by atomic mass is 32.2. The topological polar surface area (TPSA) is 21.3 Å². The third kappa shape index (κ3) is 3.79. The van der Waals surface area contributed by atoms with Gasteiger partial charge in [-0.25, -0.2) is 0 Å². The summed E-state index contributed by atoms with van der Waals surface area (Å²) in [6.45, 7) is 5.35. The summed E-state index contributed by atoms with van der Waals surface area (Å²) in [6, 6.07) is 0.720. The second kappa shape index (κ2) is 6.70. The van der Waals surface area contributed by atoms with Crippen LogP contribution in [0.2, 0.25) is 0 Å². The Morgan fingerprint density at radius 2 is 2.29 bits per heavy atom. The molecule has 0 amide bonds. The fourth-order valence-corrected chi connectivity index (χ4v) is 3.20. The molecule has 1 aliphatic carbocycles. The first-order valence-electron chi connectivity index (χ1n) is 5.65. The van der Waals surface area contributed by atoms with Gasteiger partial charge in [0.15, 0.2) is 0 Å². The molecule has 84 valence electrons. The van der Waals surface area contributed by atoms with E-state index in [0.717, 1.165) is 17.8 Å². The van der Waals surface area contributed by atoms with Crippen LogP contribution >= 0.6 is 11.8 Å². The number of rotatable bonds is 6. The molecule has 1 saturated carbocycles. The van der Waals surface area contributed by atoms with E-state index < -0.39 is 0 Å². The lowest BCUT2D eigenvalue weighted by Gasteiger charge is -2.21. The van der Waals surface area contributed by atoms with Gasteiger partial charge in [-0.1, -0.05) is 13.3 Å². The summed E-state index contributed by atoms with van der Waals surface area (Å²) in [5.41, 5.74) is 0. The maximum Gasteiger partial charge on any atom is 0.0667 e. The van der Waals surface area contributed by atoms with Gasteiger partial charge in [-0.05, 0) is 25.5 Å². The smallest absolute Gasteiger partial charge is 0.0667 e. The number of methoxy groups -OCH3 is 1. The molecule has 0 spiro atoms. The van der Waals surface area contributed by atoms with Crippen LogP contribution in [0.3, 0.4) is 0 Å². The maximum absolute atomic E-state index is 5.24. The van der Waals surface area contributed by atoms with Crippen molar-refractivity contribution in [1.29, 1.82) is 0 Å². The Morgan fingerprint density at radius 1 is 1.50 bits per heavy atom. The van der Waals surface area contributed by atoms with E-state index in [0.29, 0.717) is 6.10 Å². The normalized spacial score (nSPS) is 29.4. The van der Waals surface area contributed by atoms with Gasteiger partial charge < -0.3 is 10.1 Å². The van der Waals surface area contributed by atoms with E-state index >= 15 is 0 Å². The third-order valence-corrected chi connectivity index (χ3v) is 4.23. The molecule has 0 aromatic heterocycles. The van der Waals surface area contributed by atoms with Crippen LogP contribution in [0.1, 0.15) is 33.1 Å². The minimum absolute atomic E-state index is 0.336.